The number of nitrogens with one attached hydrogen (secondary N) is 2. The third-order valence-corrected chi connectivity index (χ3v) is 2.92. The number of nitrogens with zero attached hydrogens (tertiary/aromatic N) is 1. The van der Waals surface area contributed by atoms with Gasteiger partial charge in [-0.05, 0) is 36.8 Å². The summed E-state index contributed by atoms with van der Waals surface area (Å²) >= 11 is 0. The van der Waals surface area contributed by atoms with Gasteiger partial charge in [0.05, 0.1) is 6.54 Å². The lowest BCUT2D eigenvalue weighted by molar-refractivity contribution is -0.115. The van der Waals surface area contributed by atoms with Crippen LogP contribution in [0.4, 0.5) is 5.69 Å². The van der Waals surface area contributed by atoms with E-state index < -0.39 is 0 Å². The molecule has 2 rings (SSSR count). The molecule has 0 aliphatic rings. The van der Waals surface area contributed by atoms with Crippen molar-refractivity contribution in [2.45, 2.75) is 13.5 Å². The fraction of sp³-hybridized carbons (Fsp3) is 0.188. The van der Waals surface area contributed by atoms with Gasteiger partial charge in [-0.2, -0.15) is 0 Å². The Labute approximate surface area is 123 Å². The molecule has 5 heteroatoms. The van der Waals surface area contributed by atoms with E-state index in [0.29, 0.717) is 17.8 Å². The molecule has 0 aliphatic carbocycles. The Bertz CT molecular complexity index is 626. The molecule has 0 spiro atoms. The van der Waals surface area contributed by atoms with E-state index in [2.05, 4.69) is 15.6 Å². The van der Waals surface area contributed by atoms with Gasteiger partial charge in [0.2, 0.25) is 5.91 Å². The van der Waals surface area contributed by atoms with E-state index in [9.17, 15) is 9.59 Å². The van der Waals surface area contributed by atoms with Crippen molar-refractivity contribution in [3.05, 3.63) is 59.9 Å². The van der Waals surface area contributed by atoms with Gasteiger partial charge in [-0.1, -0.05) is 12.1 Å². The van der Waals surface area contributed by atoms with Crippen LogP contribution in [0, 0.1) is 0 Å². The maximum absolute atomic E-state index is 11.8. The second-order valence-electron chi connectivity index (χ2n) is 4.64. The number of hydrogen-bond donors (Lipinski definition) is 2. The lowest BCUT2D eigenvalue weighted by atomic mass is 10.1. The third-order valence-electron chi connectivity index (χ3n) is 2.92. The zero-order valence-electron chi connectivity index (χ0n) is 11.8. The van der Waals surface area contributed by atoms with Gasteiger partial charge in [0.1, 0.15) is 0 Å². The first kappa shape index (κ1) is 14.9. The quantitative estimate of drug-likeness (QED) is 0.796. The normalized spacial score (nSPS) is 10.1. The summed E-state index contributed by atoms with van der Waals surface area (Å²) in [5.41, 5.74) is 2.27. The number of pyridine rings is 1. The number of hydrogen-bond acceptors (Lipinski definition) is 4. The maximum atomic E-state index is 11.8. The van der Waals surface area contributed by atoms with Crippen molar-refractivity contribution in [3.63, 3.8) is 0 Å². The van der Waals surface area contributed by atoms with Crippen LogP contribution in [-0.4, -0.2) is 23.2 Å². The van der Waals surface area contributed by atoms with Crippen LogP contribution in [0.1, 0.15) is 22.8 Å². The Balaban J connectivity index is 1.82. The van der Waals surface area contributed by atoms with Crippen LogP contribution in [-0.2, 0) is 11.3 Å². The monoisotopic (exact) mass is 283 g/mol. The minimum Gasteiger partial charge on any atom is -0.325 e. The standard InChI is InChI=1S/C16H17N3O2/c1-12(20)14-3-2-4-15(9-14)19-16(21)11-18-10-13-5-7-17-8-6-13/h2-9,18H,10-11H2,1H3,(H,19,21). The summed E-state index contributed by atoms with van der Waals surface area (Å²) in [6, 6.07) is 10.7. The molecule has 5 nitrogen and oxygen atoms in total. The largest absolute Gasteiger partial charge is 0.325 e. The Morgan fingerprint density at radius 1 is 1.14 bits per heavy atom. The molecule has 2 N–H and O–H groups in total. The minimum atomic E-state index is -0.148. The number of anilines is 1. The average molecular weight is 283 g/mol. The van der Waals surface area contributed by atoms with E-state index >= 15 is 0 Å². The molecule has 0 atom stereocenters. The smallest absolute Gasteiger partial charge is 0.238 e. The van der Waals surface area contributed by atoms with Crippen LogP contribution in [0.5, 0.6) is 0 Å². The zero-order chi connectivity index (χ0) is 15.1. The molecule has 0 bridgehead atoms. The van der Waals surface area contributed by atoms with Crippen molar-refractivity contribution in [2.75, 3.05) is 11.9 Å². The lowest BCUT2D eigenvalue weighted by Crippen LogP contribution is -2.27. The fourth-order valence-corrected chi connectivity index (χ4v) is 1.84. The molecular weight excluding hydrogens is 266 g/mol. The molecule has 0 radical (unpaired) electrons. The molecule has 0 unspecified atom stereocenters. The number of amides is 1. The highest BCUT2D eigenvalue weighted by atomic mass is 16.2. The van der Waals surface area contributed by atoms with Gasteiger partial charge in [0.15, 0.2) is 5.78 Å². The first-order valence-electron chi connectivity index (χ1n) is 6.65. The van der Waals surface area contributed by atoms with Crippen molar-refractivity contribution < 1.29 is 9.59 Å². The molecule has 1 aromatic heterocycles. The van der Waals surface area contributed by atoms with Gasteiger partial charge in [0, 0.05) is 30.2 Å². The topological polar surface area (TPSA) is 71.1 Å². The fourth-order valence-electron chi connectivity index (χ4n) is 1.84. The van der Waals surface area contributed by atoms with E-state index in [-0.39, 0.29) is 18.2 Å². The Morgan fingerprint density at radius 3 is 2.62 bits per heavy atom. The Kier molecular flexibility index (Phi) is 5.17. The van der Waals surface area contributed by atoms with Crippen molar-refractivity contribution in [1.82, 2.24) is 10.3 Å². The lowest BCUT2D eigenvalue weighted by Gasteiger charge is -2.07. The molecule has 2 aromatic rings. The highest BCUT2D eigenvalue weighted by Gasteiger charge is 2.04. The summed E-state index contributed by atoms with van der Waals surface area (Å²) in [6.07, 6.45) is 3.43. The average Bonchev–Trinajstić information content (AvgIpc) is 2.48. The first-order valence-corrected chi connectivity index (χ1v) is 6.65. The number of benzene rings is 1. The predicted octanol–water partition coefficient (Wildman–Crippen LogP) is 2.01. The van der Waals surface area contributed by atoms with Gasteiger partial charge in [-0.25, -0.2) is 0 Å². The van der Waals surface area contributed by atoms with Gasteiger partial charge in [-0.15, -0.1) is 0 Å². The molecular formula is C16H17N3O2. The first-order chi connectivity index (χ1) is 10.1. The second-order valence-corrected chi connectivity index (χ2v) is 4.64. The summed E-state index contributed by atoms with van der Waals surface area (Å²) in [5.74, 6) is -0.174. The highest BCUT2D eigenvalue weighted by Crippen LogP contribution is 2.10. The number of rotatable bonds is 6. The second kappa shape index (κ2) is 7.31. The number of ketones is 1. The van der Waals surface area contributed by atoms with Crippen molar-refractivity contribution in [1.29, 1.82) is 0 Å². The summed E-state index contributed by atoms with van der Waals surface area (Å²) in [5, 5.41) is 5.81. The summed E-state index contributed by atoms with van der Waals surface area (Å²) in [6.45, 7) is 2.30. The third kappa shape index (κ3) is 4.81. The van der Waals surface area contributed by atoms with E-state index in [1.807, 2.05) is 12.1 Å². The van der Waals surface area contributed by atoms with Crippen LogP contribution in [0.15, 0.2) is 48.8 Å². The number of carbonyl (C=O) groups is 2. The van der Waals surface area contributed by atoms with Gasteiger partial charge < -0.3 is 10.6 Å². The Hall–Kier alpha value is -2.53. The number of carbonyl (C=O) groups excluding carboxylic acids is 2. The van der Waals surface area contributed by atoms with Crippen LogP contribution in [0.2, 0.25) is 0 Å². The number of aromatic nitrogens is 1. The van der Waals surface area contributed by atoms with Crippen LogP contribution < -0.4 is 10.6 Å². The molecule has 21 heavy (non-hydrogen) atoms. The van der Waals surface area contributed by atoms with E-state index in [4.69, 9.17) is 0 Å². The van der Waals surface area contributed by atoms with E-state index in [1.54, 1.807) is 36.7 Å². The summed E-state index contributed by atoms with van der Waals surface area (Å²) in [4.78, 5) is 27.0. The minimum absolute atomic E-state index is 0.0260. The van der Waals surface area contributed by atoms with Crippen molar-refractivity contribution in [3.8, 4) is 0 Å². The predicted molar refractivity (Wildman–Crippen MR) is 81.0 cm³/mol. The molecule has 0 fully saturated rings. The molecule has 108 valence electrons. The zero-order valence-corrected chi connectivity index (χ0v) is 11.8. The molecule has 1 heterocycles. The molecule has 0 saturated carbocycles. The summed E-state index contributed by atoms with van der Waals surface area (Å²) in [7, 11) is 0. The van der Waals surface area contributed by atoms with Crippen LogP contribution >= 0.6 is 0 Å². The van der Waals surface area contributed by atoms with Gasteiger partial charge in [0.25, 0.3) is 0 Å². The Morgan fingerprint density at radius 2 is 1.90 bits per heavy atom. The molecule has 1 amide bonds. The molecule has 1 aromatic carbocycles. The SMILES string of the molecule is CC(=O)c1cccc(NC(=O)CNCc2ccncc2)c1. The molecule has 0 aliphatic heterocycles. The maximum Gasteiger partial charge on any atom is 0.238 e. The van der Waals surface area contributed by atoms with Gasteiger partial charge in [-0.3, -0.25) is 14.6 Å². The van der Waals surface area contributed by atoms with Crippen molar-refractivity contribution >= 4 is 17.4 Å². The summed E-state index contributed by atoms with van der Waals surface area (Å²) < 4.78 is 0. The van der Waals surface area contributed by atoms with E-state index in [1.165, 1.54) is 6.92 Å². The molecule has 0 saturated heterocycles. The van der Waals surface area contributed by atoms with Crippen molar-refractivity contribution in [2.24, 2.45) is 0 Å². The van der Waals surface area contributed by atoms with Gasteiger partial charge >= 0.3 is 0 Å². The van der Waals surface area contributed by atoms with Crippen LogP contribution in [0.25, 0.3) is 0 Å². The number of Topliss-reactive ketones (excluding diaryl/α,β-unsaturated/α-hetero) is 1. The van der Waals surface area contributed by atoms with Crippen LogP contribution in [0.3, 0.4) is 0 Å². The van der Waals surface area contributed by atoms with E-state index in [0.717, 1.165) is 5.56 Å². The highest BCUT2D eigenvalue weighted by molar-refractivity contribution is 5.97.